The number of phenolic OH excluding ortho intramolecular Hbond substituents is 2. The lowest BCUT2D eigenvalue weighted by atomic mass is 10.1. The molecule has 0 aliphatic rings. The zero-order valence-electron chi connectivity index (χ0n) is 27.3. The van der Waals surface area contributed by atoms with Gasteiger partial charge in [-0.15, -0.1) is 0 Å². The first kappa shape index (κ1) is 36.9. The summed E-state index contributed by atoms with van der Waals surface area (Å²) in [5.41, 5.74) is 0.577. The van der Waals surface area contributed by atoms with Gasteiger partial charge in [-0.3, -0.25) is 28.3 Å². The molecule has 0 radical (unpaired) electrons. The molecule has 0 aromatic heterocycles. The summed E-state index contributed by atoms with van der Waals surface area (Å²) >= 11 is 0. The van der Waals surface area contributed by atoms with Gasteiger partial charge in [-0.2, -0.15) is 16.8 Å². The second-order valence-corrected chi connectivity index (χ2v) is 14.5. The number of phenols is 2. The Hall–Kier alpha value is -6.86. The van der Waals surface area contributed by atoms with Crippen molar-refractivity contribution in [1.82, 2.24) is 0 Å². The maximum atomic E-state index is 12.9. The minimum atomic E-state index is -4.72. The van der Waals surface area contributed by atoms with Crippen LogP contribution in [0.25, 0.3) is 21.5 Å². The van der Waals surface area contributed by atoms with Crippen molar-refractivity contribution in [3.8, 4) is 11.5 Å². The molecule has 6 aromatic carbocycles. The lowest BCUT2D eigenvalue weighted by molar-refractivity contribution is -0.132. The third kappa shape index (κ3) is 8.27. The largest absolute Gasteiger partial charge is 0.508 e. The number of fused-ring (bicyclic) bond motifs is 2. The van der Waals surface area contributed by atoms with E-state index in [9.17, 15) is 55.3 Å². The van der Waals surface area contributed by atoms with Gasteiger partial charge in [0.25, 0.3) is 32.1 Å². The van der Waals surface area contributed by atoms with Crippen LogP contribution in [0.4, 0.5) is 22.7 Å². The molecule has 4 amide bonds. The Morgan fingerprint density at radius 3 is 1.11 bits per heavy atom. The first-order chi connectivity index (χ1) is 25.4. The summed E-state index contributed by atoms with van der Waals surface area (Å²) in [5, 5.41) is 30.0. The molecule has 0 fully saturated rings. The quantitative estimate of drug-likeness (QED) is 0.0753. The highest BCUT2D eigenvalue weighted by molar-refractivity contribution is 7.86. The van der Waals surface area contributed by atoms with Crippen molar-refractivity contribution < 1.29 is 55.3 Å². The average molecular weight is 771 g/mol. The second-order valence-electron chi connectivity index (χ2n) is 11.7. The zero-order valence-corrected chi connectivity index (χ0v) is 28.9. The van der Waals surface area contributed by atoms with Crippen molar-refractivity contribution in [2.75, 3.05) is 21.3 Å². The highest BCUT2D eigenvalue weighted by Crippen LogP contribution is 2.32. The molecule has 54 heavy (non-hydrogen) atoms. The van der Waals surface area contributed by atoms with Crippen LogP contribution < -0.4 is 21.3 Å². The lowest BCUT2D eigenvalue weighted by Gasteiger charge is -2.11. The van der Waals surface area contributed by atoms with Crippen molar-refractivity contribution >= 4 is 88.2 Å². The fraction of sp³-hybridized carbons (Fsp3) is 0. The van der Waals surface area contributed by atoms with Crippen LogP contribution in [-0.2, 0) is 29.8 Å². The smallest absolute Gasteiger partial charge is 0.314 e. The minimum Gasteiger partial charge on any atom is -0.508 e. The van der Waals surface area contributed by atoms with E-state index in [1.165, 1.54) is 84.9 Å². The summed E-state index contributed by atoms with van der Waals surface area (Å²) in [6.07, 6.45) is 0. The summed E-state index contributed by atoms with van der Waals surface area (Å²) in [4.78, 5) is 49.9. The van der Waals surface area contributed by atoms with E-state index in [0.717, 1.165) is 24.3 Å². The molecule has 0 bridgehead atoms. The van der Waals surface area contributed by atoms with E-state index < -0.39 is 53.7 Å². The first-order valence-electron chi connectivity index (χ1n) is 15.4. The zero-order chi connectivity index (χ0) is 38.9. The molecule has 0 heterocycles. The Morgan fingerprint density at radius 1 is 0.426 bits per heavy atom. The summed E-state index contributed by atoms with van der Waals surface area (Å²) in [6.45, 7) is 0. The van der Waals surface area contributed by atoms with E-state index in [-0.39, 0.29) is 56.1 Å². The molecule has 8 N–H and O–H groups in total. The van der Waals surface area contributed by atoms with Gasteiger partial charge in [-0.1, -0.05) is 12.1 Å². The van der Waals surface area contributed by atoms with Gasteiger partial charge in [0, 0.05) is 44.6 Å². The fourth-order valence-electron chi connectivity index (χ4n) is 5.39. The third-order valence-corrected chi connectivity index (χ3v) is 9.67. The number of anilines is 4. The highest BCUT2D eigenvalue weighted by atomic mass is 32.2. The number of hydrogen-bond acceptors (Lipinski definition) is 10. The van der Waals surface area contributed by atoms with Gasteiger partial charge in [0.05, 0.1) is 0 Å². The maximum Gasteiger partial charge on any atom is 0.314 e. The van der Waals surface area contributed by atoms with Gasteiger partial charge < -0.3 is 31.5 Å². The number of carbonyl (C=O) groups excluding carboxylic acids is 4. The normalized spacial score (nSPS) is 11.5. The van der Waals surface area contributed by atoms with Crippen molar-refractivity contribution in [2.45, 2.75) is 9.79 Å². The molecule has 18 heteroatoms. The molecule has 0 saturated heterocycles. The summed E-state index contributed by atoms with van der Waals surface area (Å²) in [6, 6.07) is 23.4. The number of carbonyl (C=O) groups is 4. The Kier molecular flexibility index (Phi) is 9.76. The molecule has 6 rings (SSSR count). The number of amides is 4. The highest BCUT2D eigenvalue weighted by Gasteiger charge is 2.20. The molecular weight excluding hydrogens is 745 g/mol. The van der Waals surface area contributed by atoms with E-state index >= 15 is 0 Å². The number of hydrogen-bond donors (Lipinski definition) is 8. The standard InChI is InChI=1S/C36H26N4O12S2/c41-27-11-5-21-13-25(15-31(29(21)17-27)53(47,48)49)39-33(43)19-1-7-23(8-2-19)37-35(45)36(46)38-24-9-3-20(4-10-24)34(44)40-26-14-22-6-12-28(42)18-30(22)32(16-26)54(50,51)52/h1-18,41-42H,(H,37,45)(H,38,46)(H,39,43)(H,40,44)(H,47,48,49)(H,50,51,52). The van der Waals surface area contributed by atoms with Crippen LogP contribution in [0.5, 0.6) is 11.5 Å². The van der Waals surface area contributed by atoms with Crippen LogP contribution in [0.1, 0.15) is 20.7 Å². The van der Waals surface area contributed by atoms with E-state index in [1.54, 1.807) is 0 Å². The monoisotopic (exact) mass is 770 g/mol. The van der Waals surface area contributed by atoms with Crippen LogP contribution in [0.3, 0.4) is 0 Å². The molecule has 6 aromatic rings. The predicted octanol–water partition coefficient (Wildman–Crippen LogP) is 4.98. The van der Waals surface area contributed by atoms with Gasteiger partial charge in [-0.25, -0.2) is 0 Å². The summed E-state index contributed by atoms with van der Waals surface area (Å²) < 4.78 is 67.2. The lowest BCUT2D eigenvalue weighted by Crippen LogP contribution is -2.29. The van der Waals surface area contributed by atoms with Crippen molar-refractivity contribution in [3.05, 3.63) is 120 Å². The van der Waals surface area contributed by atoms with Crippen LogP contribution >= 0.6 is 0 Å². The number of nitrogens with one attached hydrogen (secondary N) is 4. The van der Waals surface area contributed by atoms with Gasteiger partial charge in [0.1, 0.15) is 21.3 Å². The van der Waals surface area contributed by atoms with Gasteiger partial charge in [0.2, 0.25) is 0 Å². The SMILES string of the molecule is O=C(Nc1ccc(C(=O)Nc2cc(S(=O)(=O)O)c3cc(O)ccc3c2)cc1)C(=O)Nc1ccc(C(=O)Nc2cc(S(=O)(=O)O)c3cc(O)ccc3c2)cc1. The van der Waals surface area contributed by atoms with E-state index in [1.807, 2.05) is 0 Å². The van der Waals surface area contributed by atoms with Crippen LogP contribution in [0.2, 0.25) is 0 Å². The number of benzene rings is 6. The van der Waals surface area contributed by atoms with Crippen LogP contribution in [0, 0.1) is 0 Å². The van der Waals surface area contributed by atoms with Gasteiger partial charge >= 0.3 is 11.8 Å². The van der Waals surface area contributed by atoms with Crippen molar-refractivity contribution in [1.29, 1.82) is 0 Å². The molecular formula is C36H26N4O12S2. The Balaban J connectivity index is 1.06. The Labute approximate surface area is 305 Å². The van der Waals surface area contributed by atoms with Crippen LogP contribution in [0.15, 0.2) is 119 Å². The molecule has 0 spiro atoms. The average Bonchev–Trinajstić information content (AvgIpc) is 3.11. The summed E-state index contributed by atoms with van der Waals surface area (Å²) in [5.74, 6) is -3.90. The molecule has 0 unspecified atom stereocenters. The Morgan fingerprint density at radius 2 is 0.778 bits per heavy atom. The summed E-state index contributed by atoms with van der Waals surface area (Å²) in [7, 11) is -9.44. The molecule has 0 aliphatic carbocycles. The van der Waals surface area contributed by atoms with E-state index in [2.05, 4.69) is 21.3 Å². The second kappa shape index (κ2) is 14.3. The van der Waals surface area contributed by atoms with Crippen molar-refractivity contribution in [2.24, 2.45) is 0 Å². The first-order valence-corrected chi connectivity index (χ1v) is 18.3. The van der Waals surface area contributed by atoms with Crippen molar-refractivity contribution in [3.63, 3.8) is 0 Å². The molecule has 16 nitrogen and oxygen atoms in total. The molecule has 0 atom stereocenters. The van der Waals surface area contributed by atoms with Gasteiger partial charge in [-0.05, 0) is 108 Å². The number of rotatable bonds is 8. The maximum absolute atomic E-state index is 12.9. The fourth-order valence-corrected chi connectivity index (χ4v) is 6.85. The Bertz CT molecular complexity index is 2560. The van der Waals surface area contributed by atoms with Gasteiger partial charge in [0.15, 0.2) is 0 Å². The molecule has 274 valence electrons. The van der Waals surface area contributed by atoms with E-state index in [0.29, 0.717) is 10.8 Å². The minimum absolute atomic E-state index is 0.0373. The number of aromatic hydroxyl groups is 2. The topological polar surface area (TPSA) is 266 Å². The third-order valence-electron chi connectivity index (χ3n) is 7.89. The van der Waals surface area contributed by atoms with E-state index in [4.69, 9.17) is 0 Å². The van der Waals surface area contributed by atoms with Crippen LogP contribution in [-0.4, -0.2) is 59.8 Å². The molecule has 0 aliphatic heterocycles. The predicted molar refractivity (Wildman–Crippen MR) is 197 cm³/mol. The molecule has 0 saturated carbocycles.